The molecule has 1 unspecified atom stereocenters. The first-order chi connectivity index (χ1) is 13.3. The monoisotopic (exact) mass is 359 g/mol. The molecule has 0 amide bonds. The van der Waals surface area contributed by atoms with Gasteiger partial charge >= 0.3 is 0 Å². The Kier molecular flexibility index (Phi) is 5.19. The Morgan fingerprint density at radius 1 is 0.815 bits per heavy atom. The highest BCUT2D eigenvalue weighted by Crippen LogP contribution is 2.21. The molecule has 2 aromatic carbocycles. The molecular weight excluding hydrogens is 334 g/mol. The van der Waals surface area contributed by atoms with Crippen molar-refractivity contribution < 1.29 is 0 Å². The molecule has 5 heteroatoms. The average Bonchev–Trinajstić information content (AvgIpc) is 2.75. The normalized spacial score (nSPS) is 15.4. The molecule has 0 saturated carbocycles. The molecule has 0 aliphatic carbocycles. The van der Waals surface area contributed by atoms with Gasteiger partial charge in [0, 0.05) is 44.1 Å². The summed E-state index contributed by atoms with van der Waals surface area (Å²) in [6.45, 7) is 5.95. The van der Waals surface area contributed by atoms with Gasteiger partial charge in [-0.3, -0.25) is 0 Å². The number of nitrogens with one attached hydrogen (secondary N) is 1. The molecule has 3 aromatic rings. The number of para-hydroxylation sites is 1. The van der Waals surface area contributed by atoms with Crippen LogP contribution in [0.4, 0.5) is 17.5 Å². The smallest absolute Gasteiger partial charge is 0.227 e. The molecular formula is C22H25N5. The molecule has 4 rings (SSSR count). The number of rotatable bonds is 5. The third-order valence-electron chi connectivity index (χ3n) is 4.99. The maximum Gasteiger partial charge on any atom is 0.227 e. The molecule has 1 fully saturated rings. The fourth-order valence-corrected chi connectivity index (χ4v) is 3.43. The van der Waals surface area contributed by atoms with Gasteiger partial charge in [0.1, 0.15) is 5.82 Å². The van der Waals surface area contributed by atoms with Crippen LogP contribution in [0.25, 0.3) is 0 Å². The van der Waals surface area contributed by atoms with Gasteiger partial charge in [0.25, 0.3) is 0 Å². The van der Waals surface area contributed by atoms with E-state index in [0.29, 0.717) is 0 Å². The van der Waals surface area contributed by atoms with Crippen molar-refractivity contribution in [3.63, 3.8) is 0 Å². The third-order valence-corrected chi connectivity index (χ3v) is 4.99. The van der Waals surface area contributed by atoms with Crippen LogP contribution in [0.15, 0.2) is 72.9 Å². The van der Waals surface area contributed by atoms with Gasteiger partial charge < -0.3 is 15.1 Å². The molecule has 27 heavy (non-hydrogen) atoms. The largest absolute Gasteiger partial charge is 0.368 e. The SMILES string of the molecule is CC(Nc1ccnc(N2CCN(c3ccccc3)CC2)n1)c1ccccc1. The highest BCUT2D eigenvalue weighted by molar-refractivity contribution is 5.49. The molecule has 1 aliphatic rings. The minimum Gasteiger partial charge on any atom is -0.368 e. The molecule has 0 bridgehead atoms. The number of hydrogen-bond acceptors (Lipinski definition) is 5. The van der Waals surface area contributed by atoms with Crippen LogP contribution in [0.1, 0.15) is 18.5 Å². The first-order valence-electron chi connectivity index (χ1n) is 9.49. The van der Waals surface area contributed by atoms with Crippen molar-refractivity contribution in [1.82, 2.24) is 9.97 Å². The van der Waals surface area contributed by atoms with Crippen molar-refractivity contribution in [1.29, 1.82) is 0 Å². The second kappa shape index (κ2) is 8.08. The molecule has 0 radical (unpaired) electrons. The lowest BCUT2D eigenvalue weighted by atomic mass is 10.1. The Hall–Kier alpha value is -3.08. The lowest BCUT2D eigenvalue weighted by Gasteiger charge is -2.36. The molecule has 138 valence electrons. The van der Waals surface area contributed by atoms with Crippen LogP contribution in [0, 0.1) is 0 Å². The zero-order valence-corrected chi connectivity index (χ0v) is 15.6. The topological polar surface area (TPSA) is 44.3 Å². The first-order valence-corrected chi connectivity index (χ1v) is 9.49. The Bertz CT molecular complexity index is 845. The molecule has 1 aromatic heterocycles. The van der Waals surface area contributed by atoms with Crippen molar-refractivity contribution >= 4 is 17.5 Å². The van der Waals surface area contributed by atoms with E-state index in [9.17, 15) is 0 Å². The zero-order chi connectivity index (χ0) is 18.5. The Labute approximate surface area is 160 Å². The second-order valence-corrected chi connectivity index (χ2v) is 6.83. The van der Waals surface area contributed by atoms with E-state index in [1.807, 2.05) is 18.3 Å². The van der Waals surface area contributed by atoms with Crippen molar-refractivity contribution in [2.75, 3.05) is 41.3 Å². The fourth-order valence-electron chi connectivity index (χ4n) is 3.43. The van der Waals surface area contributed by atoms with Gasteiger partial charge in [-0.05, 0) is 30.7 Å². The summed E-state index contributed by atoms with van der Waals surface area (Å²) in [6.07, 6.45) is 1.84. The molecule has 1 saturated heterocycles. The van der Waals surface area contributed by atoms with Crippen molar-refractivity contribution in [2.45, 2.75) is 13.0 Å². The fraction of sp³-hybridized carbons (Fsp3) is 0.273. The summed E-state index contributed by atoms with van der Waals surface area (Å²) < 4.78 is 0. The van der Waals surface area contributed by atoms with Crippen molar-refractivity contribution in [2.24, 2.45) is 0 Å². The molecule has 0 spiro atoms. The predicted molar refractivity (Wildman–Crippen MR) is 111 cm³/mol. The van der Waals surface area contributed by atoms with E-state index in [1.54, 1.807) is 0 Å². The van der Waals surface area contributed by atoms with Gasteiger partial charge in [-0.25, -0.2) is 4.98 Å². The standard InChI is InChI=1S/C22H25N5/c1-18(19-8-4-2-5-9-19)24-21-12-13-23-22(25-21)27-16-14-26(15-17-27)20-10-6-3-7-11-20/h2-13,18H,14-17H2,1H3,(H,23,24,25). The number of benzene rings is 2. The number of anilines is 3. The van der Waals surface area contributed by atoms with Gasteiger partial charge in [0.2, 0.25) is 5.95 Å². The second-order valence-electron chi connectivity index (χ2n) is 6.83. The number of aromatic nitrogens is 2. The lowest BCUT2D eigenvalue weighted by molar-refractivity contribution is 0.640. The van der Waals surface area contributed by atoms with Crippen LogP contribution in [-0.4, -0.2) is 36.1 Å². The molecule has 5 nitrogen and oxygen atoms in total. The van der Waals surface area contributed by atoms with E-state index in [2.05, 4.69) is 81.6 Å². The maximum atomic E-state index is 4.74. The Morgan fingerprint density at radius 2 is 1.44 bits per heavy atom. The van der Waals surface area contributed by atoms with Crippen molar-refractivity contribution in [3.8, 4) is 0 Å². The summed E-state index contributed by atoms with van der Waals surface area (Å²) in [6, 6.07) is 23.1. The van der Waals surface area contributed by atoms with Crippen LogP contribution < -0.4 is 15.1 Å². The van der Waals surface area contributed by atoms with Crippen molar-refractivity contribution in [3.05, 3.63) is 78.5 Å². The van der Waals surface area contributed by atoms with Crippen LogP contribution in [0.2, 0.25) is 0 Å². The van der Waals surface area contributed by atoms with E-state index < -0.39 is 0 Å². The summed E-state index contributed by atoms with van der Waals surface area (Å²) in [5.41, 5.74) is 2.53. The van der Waals surface area contributed by atoms with Gasteiger partial charge in [-0.2, -0.15) is 4.98 Å². The molecule has 1 N–H and O–H groups in total. The van der Waals surface area contributed by atoms with Gasteiger partial charge in [0.15, 0.2) is 0 Å². The number of hydrogen-bond donors (Lipinski definition) is 1. The maximum absolute atomic E-state index is 4.74. The minimum atomic E-state index is 0.198. The Morgan fingerprint density at radius 3 is 2.15 bits per heavy atom. The van der Waals surface area contributed by atoms with Crippen LogP contribution >= 0.6 is 0 Å². The lowest BCUT2D eigenvalue weighted by Crippen LogP contribution is -2.47. The third kappa shape index (κ3) is 4.19. The Balaban J connectivity index is 1.40. The highest BCUT2D eigenvalue weighted by atomic mass is 15.3. The summed E-state index contributed by atoms with van der Waals surface area (Å²) in [4.78, 5) is 13.9. The number of nitrogens with zero attached hydrogens (tertiary/aromatic N) is 4. The van der Waals surface area contributed by atoms with Crippen LogP contribution in [0.3, 0.4) is 0 Å². The summed E-state index contributed by atoms with van der Waals surface area (Å²) in [5, 5.41) is 3.48. The van der Waals surface area contributed by atoms with Gasteiger partial charge in [-0.15, -0.1) is 0 Å². The predicted octanol–water partition coefficient (Wildman–Crippen LogP) is 3.98. The van der Waals surface area contributed by atoms with E-state index in [-0.39, 0.29) is 6.04 Å². The first kappa shape index (κ1) is 17.3. The van der Waals surface area contributed by atoms with Crippen LogP contribution in [-0.2, 0) is 0 Å². The summed E-state index contributed by atoms with van der Waals surface area (Å²) in [5.74, 6) is 1.66. The van der Waals surface area contributed by atoms with E-state index >= 15 is 0 Å². The van der Waals surface area contributed by atoms with E-state index in [1.165, 1.54) is 11.3 Å². The van der Waals surface area contributed by atoms with E-state index in [0.717, 1.165) is 37.9 Å². The van der Waals surface area contributed by atoms with Crippen LogP contribution in [0.5, 0.6) is 0 Å². The zero-order valence-electron chi connectivity index (χ0n) is 15.6. The average molecular weight is 359 g/mol. The van der Waals surface area contributed by atoms with Gasteiger partial charge in [0.05, 0.1) is 0 Å². The minimum absolute atomic E-state index is 0.198. The summed E-state index contributed by atoms with van der Waals surface area (Å²) >= 11 is 0. The highest BCUT2D eigenvalue weighted by Gasteiger charge is 2.19. The molecule has 1 aliphatic heterocycles. The summed E-state index contributed by atoms with van der Waals surface area (Å²) in [7, 11) is 0. The quantitative estimate of drug-likeness (QED) is 0.747. The molecule has 1 atom stereocenters. The van der Waals surface area contributed by atoms with E-state index in [4.69, 9.17) is 4.98 Å². The number of piperazine rings is 1. The molecule has 2 heterocycles. The van der Waals surface area contributed by atoms with Gasteiger partial charge in [-0.1, -0.05) is 48.5 Å².